The molecule has 94 valence electrons. The lowest BCUT2D eigenvalue weighted by Gasteiger charge is -2.15. The molecule has 0 aliphatic heterocycles. The predicted molar refractivity (Wildman–Crippen MR) is 57.1 cm³/mol. The first-order valence-electron chi connectivity index (χ1n) is 4.96. The van der Waals surface area contributed by atoms with Gasteiger partial charge < -0.3 is 14.7 Å². The molecule has 0 aliphatic carbocycles. The normalized spacial score (nSPS) is 10.4. The first kappa shape index (κ1) is 13.4. The zero-order valence-electron chi connectivity index (χ0n) is 9.27. The summed E-state index contributed by atoms with van der Waals surface area (Å²) < 4.78 is 27.9. The van der Waals surface area contributed by atoms with E-state index in [4.69, 9.17) is 5.11 Å². The number of amides is 1. The van der Waals surface area contributed by atoms with E-state index >= 15 is 0 Å². The monoisotopic (exact) mass is 245 g/mol. The number of ether oxygens (including phenoxy) is 1. The van der Waals surface area contributed by atoms with Crippen molar-refractivity contribution in [3.63, 3.8) is 0 Å². The van der Waals surface area contributed by atoms with Gasteiger partial charge in [-0.15, -0.1) is 0 Å². The van der Waals surface area contributed by atoms with Gasteiger partial charge in [0.1, 0.15) is 5.75 Å². The minimum Gasteiger partial charge on any atom is -0.435 e. The number of benzene rings is 1. The van der Waals surface area contributed by atoms with Crippen molar-refractivity contribution in [2.24, 2.45) is 0 Å². The fourth-order valence-corrected chi connectivity index (χ4v) is 1.25. The van der Waals surface area contributed by atoms with Crippen molar-refractivity contribution < 1.29 is 23.4 Å². The van der Waals surface area contributed by atoms with Crippen LogP contribution < -0.4 is 4.74 Å². The highest BCUT2D eigenvalue weighted by atomic mass is 19.3. The van der Waals surface area contributed by atoms with E-state index in [1.54, 1.807) is 7.05 Å². The van der Waals surface area contributed by atoms with Gasteiger partial charge in [-0.3, -0.25) is 4.79 Å². The Bertz CT molecular complexity index is 367. The van der Waals surface area contributed by atoms with Gasteiger partial charge in [-0.25, -0.2) is 0 Å². The van der Waals surface area contributed by atoms with E-state index in [2.05, 4.69) is 4.74 Å². The highest BCUT2D eigenvalue weighted by Gasteiger charge is 2.11. The first-order valence-corrected chi connectivity index (χ1v) is 4.96. The third-order valence-electron chi connectivity index (χ3n) is 2.11. The van der Waals surface area contributed by atoms with Gasteiger partial charge in [0.25, 0.3) is 5.91 Å². The van der Waals surface area contributed by atoms with E-state index < -0.39 is 6.61 Å². The Hall–Kier alpha value is -1.69. The van der Waals surface area contributed by atoms with Gasteiger partial charge in [0.2, 0.25) is 0 Å². The fraction of sp³-hybridized carbons (Fsp3) is 0.364. The van der Waals surface area contributed by atoms with Gasteiger partial charge in [-0.05, 0) is 24.3 Å². The molecule has 0 unspecified atom stereocenters. The van der Waals surface area contributed by atoms with Crippen molar-refractivity contribution in [1.29, 1.82) is 0 Å². The van der Waals surface area contributed by atoms with Gasteiger partial charge in [0.05, 0.1) is 6.61 Å². The van der Waals surface area contributed by atoms with Crippen LogP contribution >= 0.6 is 0 Å². The molecule has 0 radical (unpaired) electrons. The summed E-state index contributed by atoms with van der Waals surface area (Å²) in [5, 5.41) is 8.68. The summed E-state index contributed by atoms with van der Waals surface area (Å²) in [7, 11) is 1.54. The Morgan fingerprint density at radius 1 is 1.41 bits per heavy atom. The maximum atomic E-state index is 11.9. The van der Waals surface area contributed by atoms with E-state index in [9.17, 15) is 13.6 Å². The number of aliphatic hydroxyl groups excluding tert-OH is 1. The Morgan fingerprint density at radius 2 is 2.00 bits per heavy atom. The van der Waals surface area contributed by atoms with E-state index in [1.807, 2.05) is 0 Å². The van der Waals surface area contributed by atoms with Crippen LogP contribution in [0.5, 0.6) is 5.75 Å². The van der Waals surface area contributed by atoms with E-state index in [1.165, 1.54) is 29.2 Å². The average Bonchev–Trinajstić information content (AvgIpc) is 2.28. The lowest BCUT2D eigenvalue weighted by Crippen LogP contribution is -2.29. The Balaban J connectivity index is 2.70. The molecule has 1 amide bonds. The molecule has 1 aromatic carbocycles. The van der Waals surface area contributed by atoms with Crippen LogP contribution in [0.4, 0.5) is 8.78 Å². The highest BCUT2D eigenvalue weighted by Crippen LogP contribution is 2.15. The number of aliphatic hydroxyl groups is 1. The molecule has 4 nitrogen and oxygen atoms in total. The van der Waals surface area contributed by atoms with Gasteiger partial charge in [-0.1, -0.05) is 0 Å². The Morgan fingerprint density at radius 3 is 2.47 bits per heavy atom. The standard InChI is InChI=1S/C11H13F2NO3/c1-14(6-7-15)10(16)8-2-4-9(5-3-8)17-11(12)13/h2-5,11,15H,6-7H2,1H3. The molecule has 1 N–H and O–H groups in total. The SMILES string of the molecule is CN(CCO)C(=O)c1ccc(OC(F)F)cc1. The molecular formula is C11H13F2NO3. The number of hydrogen-bond donors (Lipinski definition) is 1. The van der Waals surface area contributed by atoms with Crippen LogP contribution in [0, 0.1) is 0 Å². The minimum atomic E-state index is -2.88. The second-order valence-electron chi connectivity index (χ2n) is 3.35. The molecule has 0 spiro atoms. The van der Waals surface area contributed by atoms with Crippen molar-refractivity contribution in [3.8, 4) is 5.75 Å². The Labute approximate surface area is 97.4 Å². The second-order valence-corrected chi connectivity index (χ2v) is 3.35. The van der Waals surface area contributed by atoms with Crippen molar-refractivity contribution in [2.75, 3.05) is 20.2 Å². The summed E-state index contributed by atoms with van der Waals surface area (Å²) in [4.78, 5) is 13.0. The number of likely N-dealkylation sites (N-methyl/N-ethyl adjacent to an activating group) is 1. The van der Waals surface area contributed by atoms with Crippen molar-refractivity contribution in [1.82, 2.24) is 4.90 Å². The molecule has 6 heteroatoms. The smallest absolute Gasteiger partial charge is 0.387 e. The second kappa shape index (κ2) is 6.15. The van der Waals surface area contributed by atoms with Crippen LogP contribution in [-0.4, -0.2) is 42.7 Å². The summed E-state index contributed by atoms with van der Waals surface area (Å²) in [6, 6.07) is 5.39. The highest BCUT2D eigenvalue weighted by molar-refractivity contribution is 5.94. The van der Waals surface area contributed by atoms with Crippen molar-refractivity contribution >= 4 is 5.91 Å². The summed E-state index contributed by atoms with van der Waals surface area (Å²) >= 11 is 0. The zero-order valence-corrected chi connectivity index (χ0v) is 9.27. The lowest BCUT2D eigenvalue weighted by atomic mass is 10.2. The topological polar surface area (TPSA) is 49.8 Å². The van der Waals surface area contributed by atoms with Crippen LogP contribution in [0.15, 0.2) is 24.3 Å². The molecule has 0 saturated carbocycles. The van der Waals surface area contributed by atoms with Crippen LogP contribution in [0.25, 0.3) is 0 Å². The zero-order chi connectivity index (χ0) is 12.8. The van der Waals surface area contributed by atoms with Crippen molar-refractivity contribution in [3.05, 3.63) is 29.8 Å². The molecule has 1 rings (SSSR count). The number of nitrogens with zero attached hydrogens (tertiary/aromatic N) is 1. The molecule has 0 bridgehead atoms. The molecule has 1 aromatic rings. The Kier molecular flexibility index (Phi) is 4.84. The fourth-order valence-electron chi connectivity index (χ4n) is 1.25. The van der Waals surface area contributed by atoms with Crippen LogP contribution in [0.3, 0.4) is 0 Å². The predicted octanol–water partition coefficient (Wildman–Crippen LogP) is 1.35. The maximum Gasteiger partial charge on any atom is 0.387 e. The van der Waals surface area contributed by atoms with Crippen LogP contribution in [0.1, 0.15) is 10.4 Å². The van der Waals surface area contributed by atoms with Gasteiger partial charge in [0, 0.05) is 19.2 Å². The van der Waals surface area contributed by atoms with Crippen LogP contribution in [0.2, 0.25) is 0 Å². The summed E-state index contributed by atoms with van der Waals surface area (Å²) in [5.74, 6) is -0.288. The van der Waals surface area contributed by atoms with Gasteiger partial charge in [-0.2, -0.15) is 8.78 Å². The molecule has 0 aliphatic rings. The van der Waals surface area contributed by atoms with Gasteiger partial charge in [0.15, 0.2) is 0 Å². The number of halogens is 2. The minimum absolute atomic E-state index is 0.00126. The third-order valence-corrected chi connectivity index (χ3v) is 2.11. The lowest BCUT2D eigenvalue weighted by molar-refractivity contribution is -0.0498. The number of carbonyl (C=O) groups excluding carboxylic acids is 1. The number of rotatable bonds is 5. The average molecular weight is 245 g/mol. The third kappa shape index (κ3) is 3.99. The maximum absolute atomic E-state index is 11.9. The molecule has 0 atom stereocenters. The first-order chi connectivity index (χ1) is 8.04. The molecule has 17 heavy (non-hydrogen) atoms. The van der Waals surface area contributed by atoms with E-state index in [-0.39, 0.29) is 24.8 Å². The summed E-state index contributed by atoms with van der Waals surface area (Å²) in [5.41, 5.74) is 0.350. The molecule has 0 heterocycles. The number of hydrogen-bond acceptors (Lipinski definition) is 3. The molecule has 0 saturated heterocycles. The number of alkyl halides is 2. The van der Waals surface area contributed by atoms with Gasteiger partial charge >= 0.3 is 6.61 Å². The number of carbonyl (C=O) groups is 1. The summed E-state index contributed by atoms with van der Waals surface area (Å²) in [6.07, 6.45) is 0. The van der Waals surface area contributed by atoms with Crippen LogP contribution in [-0.2, 0) is 0 Å². The quantitative estimate of drug-likeness (QED) is 0.852. The summed E-state index contributed by atoms with van der Waals surface area (Å²) in [6.45, 7) is -2.79. The van der Waals surface area contributed by atoms with Crippen molar-refractivity contribution in [2.45, 2.75) is 6.61 Å². The molecule has 0 aromatic heterocycles. The largest absolute Gasteiger partial charge is 0.435 e. The molecular weight excluding hydrogens is 232 g/mol. The molecule has 0 fully saturated rings. The van der Waals surface area contributed by atoms with E-state index in [0.29, 0.717) is 5.56 Å². The van der Waals surface area contributed by atoms with E-state index in [0.717, 1.165) is 0 Å².